The molecule has 1 saturated heterocycles. The standard InChI is InChI=1S/C23H26N4O4S/c1-17-5-7-18(8-6-17)32(29,30)27-14-12-26(13-15-27)16-22(28)25-20-9-10-21(31-2)23-19(20)4-3-11-24-23/h3-11H,12-16H2,1-2H3,(H,25,28). The van der Waals surface area contributed by atoms with Crippen molar-refractivity contribution in [2.24, 2.45) is 0 Å². The highest BCUT2D eigenvalue weighted by molar-refractivity contribution is 7.89. The summed E-state index contributed by atoms with van der Waals surface area (Å²) in [5.41, 5.74) is 2.36. The van der Waals surface area contributed by atoms with Crippen LogP contribution in [0.4, 0.5) is 5.69 Å². The molecular formula is C23H26N4O4S. The molecule has 1 amide bonds. The minimum absolute atomic E-state index is 0.157. The molecule has 3 aromatic rings. The monoisotopic (exact) mass is 454 g/mol. The normalized spacial score (nSPS) is 15.6. The number of pyridine rings is 1. The van der Waals surface area contributed by atoms with Gasteiger partial charge in [-0.2, -0.15) is 4.31 Å². The van der Waals surface area contributed by atoms with Gasteiger partial charge in [-0.25, -0.2) is 8.42 Å². The van der Waals surface area contributed by atoms with Gasteiger partial charge < -0.3 is 10.1 Å². The van der Waals surface area contributed by atoms with Crippen LogP contribution in [0, 0.1) is 6.92 Å². The molecule has 0 aliphatic carbocycles. The van der Waals surface area contributed by atoms with Gasteiger partial charge in [-0.3, -0.25) is 14.7 Å². The number of hydrogen-bond acceptors (Lipinski definition) is 6. The number of nitrogens with zero attached hydrogens (tertiary/aromatic N) is 3. The average molecular weight is 455 g/mol. The van der Waals surface area contributed by atoms with E-state index in [0.29, 0.717) is 48.0 Å². The van der Waals surface area contributed by atoms with Crippen molar-refractivity contribution < 1.29 is 17.9 Å². The molecule has 0 bridgehead atoms. The molecule has 8 nitrogen and oxygen atoms in total. The number of hydrogen-bond donors (Lipinski definition) is 1. The van der Waals surface area contributed by atoms with Crippen molar-refractivity contribution in [2.45, 2.75) is 11.8 Å². The van der Waals surface area contributed by atoms with Crippen LogP contribution in [0.5, 0.6) is 5.75 Å². The predicted molar refractivity (Wildman–Crippen MR) is 123 cm³/mol. The molecule has 0 radical (unpaired) electrons. The lowest BCUT2D eigenvalue weighted by molar-refractivity contribution is -0.117. The van der Waals surface area contributed by atoms with E-state index in [0.717, 1.165) is 10.9 Å². The summed E-state index contributed by atoms with van der Waals surface area (Å²) in [7, 11) is -1.94. The maximum Gasteiger partial charge on any atom is 0.243 e. The number of carbonyl (C=O) groups excluding carboxylic acids is 1. The van der Waals surface area contributed by atoms with Crippen LogP contribution in [0.1, 0.15) is 5.56 Å². The molecule has 0 saturated carbocycles. The summed E-state index contributed by atoms with van der Waals surface area (Å²) in [6.45, 7) is 3.78. The van der Waals surface area contributed by atoms with Crippen molar-refractivity contribution >= 4 is 32.5 Å². The van der Waals surface area contributed by atoms with E-state index < -0.39 is 10.0 Å². The van der Waals surface area contributed by atoms with Gasteiger partial charge in [0.05, 0.1) is 24.2 Å². The van der Waals surface area contributed by atoms with Crippen LogP contribution < -0.4 is 10.1 Å². The Labute approximate surface area is 187 Å². The van der Waals surface area contributed by atoms with Gasteiger partial charge in [0.15, 0.2) is 0 Å². The molecule has 1 aliphatic heterocycles. The number of carbonyl (C=O) groups is 1. The first-order valence-corrected chi connectivity index (χ1v) is 11.8. The maximum atomic E-state index is 12.9. The molecule has 1 aliphatic rings. The van der Waals surface area contributed by atoms with E-state index in [1.165, 1.54) is 4.31 Å². The lowest BCUT2D eigenvalue weighted by Gasteiger charge is -2.33. The summed E-state index contributed by atoms with van der Waals surface area (Å²) in [4.78, 5) is 19.3. The van der Waals surface area contributed by atoms with Crippen molar-refractivity contribution in [3.63, 3.8) is 0 Å². The molecule has 1 aromatic heterocycles. The number of aromatic nitrogens is 1. The third-order valence-electron chi connectivity index (χ3n) is 5.58. The third kappa shape index (κ3) is 4.59. The van der Waals surface area contributed by atoms with Crippen LogP contribution in [0.15, 0.2) is 59.6 Å². The number of piperazine rings is 1. The number of rotatable bonds is 6. The summed E-state index contributed by atoms with van der Waals surface area (Å²) >= 11 is 0. The molecule has 2 aromatic carbocycles. The molecule has 32 heavy (non-hydrogen) atoms. The summed E-state index contributed by atoms with van der Waals surface area (Å²) < 4.78 is 32.5. The van der Waals surface area contributed by atoms with E-state index in [1.54, 1.807) is 49.7 Å². The number of ether oxygens (including phenoxy) is 1. The quantitative estimate of drug-likeness (QED) is 0.615. The number of amides is 1. The average Bonchev–Trinajstić information content (AvgIpc) is 2.80. The van der Waals surface area contributed by atoms with E-state index >= 15 is 0 Å². The second-order valence-corrected chi connectivity index (χ2v) is 9.69. The van der Waals surface area contributed by atoms with Crippen molar-refractivity contribution in [1.82, 2.24) is 14.2 Å². The van der Waals surface area contributed by atoms with Crippen molar-refractivity contribution in [3.8, 4) is 5.75 Å². The highest BCUT2D eigenvalue weighted by Gasteiger charge is 2.29. The first-order chi connectivity index (χ1) is 15.4. The molecule has 1 N–H and O–H groups in total. The van der Waals surface area contributed by atoms with Crippen LogP contribution in [-0.4, -0.2) is 68.3 Å². The van der Waals surface area contributed by atoms with E-state index in [4.69, 9.17) is 4.74 Å². The van der Waals surface area contributed by atoms with Gasteiger partial charge in [0.2, 0.25) is 15.9 Å². The Morgan fingerprint density at radius 3 is 2.47 bits per heavy atom. The molecule has 9 heteroatoms. The highest BCUT2D eigenvalue weighted by atomic mass is 32.2. The fourth-order valence-corrected chi connectivity index (χ4v) is 5.22. The summed E-state index contributed by atoms with van der Waals surface area (Å²) in [5, 5.41) is 3.75. The SMILES string of the molecule is COc1ccc(NC(=O)CN2CCN(S(=O)(=O)c3ccc(C)cc3)CC2)c2cccnc12. The van der Waals surface area contributed by atoms with Gasteiger partial charge in [0.25, 0.3) is 0 Å². The Kier molecular flexibility index (Phi) is 6.40. The molecular weight excluding hydrogens is 428 g/mol. The number of aryl methyl sites for hydroxylation is 1. The minimum Gasteiger partial charge on any atom is -0.494 e. The van der Waals surface area contributed by atoms with Crippen molar-refractivity contribution in [1.29, 1.82) is 0 Å². The van der Waals surface area contributed by atoms with Crippen molar-refractivity contribution in [2.75, 3.05) is 45.2 Å². The smallest absolute Gasteiger partial charge is 0.243 e. The zero-order valence-electron chi connectivity index (χ0n) is 18.1. The van der Waals surface area contributed by atoms with Gasteiger partial charge in [0.1, 0.15) is 11.3 Å². The van der Waals surface area contributed by atoms with Gasteiger partial charge in [-0.1, -0.05) is 17.7 Å². The molecule has 4 rings (SSSR count). The first-order valence-electron chi connectivity index (χ1n) is 10.4. The van der Waals surface area contributed by atoms with Crippen LogP contribution in [0.3, 0.4) is 0 Å². The number of benzene rings is 2. The van der Waals surface area contributed by atoms with E-state index in [-0.39, 0.29) is 12.5 Å². The molecule has 168 valence electrons. The van der Waals surface area contributed by atoms with Gasteiger partial charge in [0, 0.05) is 37.8 Å². The van der Waals surface area contributed by atoms with Crippen LogP contribution in [0.25, 0.3) is 10.9 Å². The van der Waals surface area contributed by atoms with E-state index in [2.05, 4.69) is 10.3 Å². The fourth-order valence-electron chi connectivity index (χ4n) is 3.80. The predicted octanol–water partition coefficient (Wildman–Crippen LogP) is 2.50. The number of sulfonamides is 1. The van der Waals surface area contributed by atoms with Crippen LogP contribution >= 0.6 is 0 Å². The highest BCUT2D eigenvalue weighted by Crippen LogP contribution is 2.29. The Hall–Kier alpha value is -3.01. The number of anilines is 1. The molecule has 0 unspecified atom stereocenters. The number of methoxy groups -OCH3 is 1. The summed E-state index contributed by atoms with van der Waals surface area (Å²) in [6.07, 6.45) is 1.68. The van der Waals surface area contributed by atoms with E-state index in [1.807, 2.05) is 24.0 Å². The molecule has 0 atom stereocenters. The zero-order valence-corrected chi connectivity index (χ0v) is 18.9. The van der Waals surface area contributed by atoms with Gasteiger partial charge in [-0.15, -0.1) is 0 Å². The Morgan fingerprint density at radius 2 is 1.78 bits per heavy atom. The molecule has 1 fully saturated rings. The van der Waals surface area contributed by atoms with Crippen LogP contribution in [-0.2, 0) is 14.8 Å². The Morgan fingerprint density at radius 1 is 1.06 bits per heavy atom. The molecule has 0 spiro atoms. The van der Waals surface area contributed by atoms with Gasteiger partial charge >= 0.3 is 0 Å². The summed E-state index contributed by atoms with van der Waals surface area (Å²) in [6, 6.07) is 14.1. The molecule has 2 heterocycles. The first kappa shape index (κ1) is 22.2. The van der Waals surface area contributed by atoms with Crippen LogP contribution in [0.2, 0.25) is 0 Å². The topological polar surface area (TPSA) is 91.8 Å². The largest absolute Gasteiger partial charge is 0.494 e. The Balaban J connectivity index is 1.37. The maximum absolute atomic E-state index is 12.9. The second kappa shape index (κ2) is 9.23. The van der Waals surface area contributed by atoms with Crippen molar-refractivity contribution in [3.05, 3.63) is 60.3 Å². The zero-order chi connectivity index (χ0) is 22.7. The number of nitrogens with one attached hydrogen (secondary N) is 1. The lowest BCUT2D eigenvalue weighted by atomic mass is 10.1. The fraction of sp³-hybridized carbons (Fsp3) is 0.304. The lowest BCUT2D eigenvalue weighted by Crippen LogP contribution is -2.50. The summed E-state index contributed by atoms with van der Waals surface area (Å²) in [5.74, 6) is 0.486. The minimum atomic E-state index is -3.52. The number of fused-ring (bicyclic) bond motifs is 1. The second-order valence-electron chi connectivity index (χ2n) is 7.76. The Bertz CT molecular complexity index is 1220. The third-order valence-corrected chi connectivity index (χ3v) is 7.50. The van der Waals surface area contributed by atoms with Gasteiger partial charge in [-0.05, 0) is 43.3 Å². The van der Waals surface area contributed by atoms with E-state index in [9.17, 15) is 13.2 Å².